The van der Waals surface area contributed by atoms with Gasteiger partial charge in [-0.2, -0.15) is 13.2 Å². The van der Waals surface area contributed by atoms with Gasteiger partial charge in [0.05, 0.1) is 5.92 Å². The maximum absolute atomic E-state index is 12.9. The molecule has 0 N–H and O–H groups in total. The molecule has 3 heteroatoms. The molecule has 1 rings (SSSR count). The molecule has 1 aliphatic carbocycles. The van der Waals surface area contributed by atoms with Gasteiger partial charge in [-0.1, -0.05) is 45.4 Å². The summed E-state index contributed by atoms with van der Waals surface area (Å²) < 4.78 is 38.7. The van der Waals surface area contributed by atoms with Gasteiger partial charge in [-0.15, -0.1) is 0 Å². The third-order valence-corrected chi connectivity index (χ3v) is 3.01. The molecule has 0 unspecified atom stereocenters. The Kier molecular flexibility index (Phi) is 3.87. The van der Waals surface area contributed by atoms with Gasteiger partial charge in [-0.3, -0.25) is 0 Å². The van der Waals surface area contributed by atoms with Gasteiger partial charge >= 0.3 is 6.18 Å². The van der Waals surface area contributed by atoms with E-state index in [0.29, 0.717) is 17.9 Å². The van der Waals surface area contributed by atoms with Crippen LogP contribution in [0.15, 0.2) is 23.3 Å². The van der Waals surface area contributed by atoms with Crippen molar-refractivity contribution in [3.63, 3.8) is 0 Å². The third kappa shape index (κ3) is 2.89. The van der Waals surface area contributed by atoms with E-state index in [1.165, 1.54) is 0 Å². The lowest BCUT2D eigenvalue weighted by Gasteiger charge is -2.25. The van der Waals surface area contributed by atoms with Crippen molar-refractivity contribution in [1.82, 2.24) is 0 Å². The highest BCUT2D eigenvalue weighted by atomic mass is 19.4. The Morgan fingerprint density at radius 2 is 1.69 bits per heavy atom. The van der Waals surface area contributed by atoms with Crippen molar-refractivity contribution in [2.24, 2.45) is 17.8 Å². The van der Waals surface area contributed by atoms with Crippen LogP contribution in [0.4, 0.5) is 13.2 Å². The number of allylic oxidation sites excluding steroid dienone is 4. The van der Waals surface area contributed by atoms with Gasteiger partial charge in [-0.05, 0) is 23.8 Å². The van der Waals surface area contributed by atoms with Gasteiger partial charge < -0.3 is 0 Å². The first kappa shape index (κ1) is 13.3. The van der Waals surface area contributed by atoms with Crippen LogP contribution in [0.25, 0.3) is 0 Å². The predicted molar refractivity (Wildman–Crippen MR) is 60.0 cm³/mol. The van der Waals surface area contributed by atoms with Crippen LogP contribution in [0.5, 0.6) is 0 Å². The smallest absolute Gasteiger partial charge is 0.170 e. The minimum absolute atomic E-state index is 0.304. The lowest BCUT2D eigenvalue weighted by atomic mass is 9.86. The van der Waals surface area contributed by atoms with Crippen molar-refractivity contribution >= 4 is 0 Å². The van der Waals surface area contributed by atoms with E-state index in [1.54, 1.807) is 19.9 Å². The molecule has 0 nitrogen and oxygen atoms in total. The van der Waals surface area contributed by atoms with Crippen molar-refractivity contribution in [2.75, 3.05) is 0 Å². The molecule has 0 aromatic rings. The summed E-state index contributed by atoms with van der Waals surface area (Å²) in [5, 5.41) is 0. The van der Waals surface area contributed by atoms with Crippen molar-refractivity contribution < 1.29 is 13.2 Å². The number of hydrogen-bond donors (Lipinski definition) is 0. The molecule has 0 aliphatic heterocycles. The fraction of sp³-hybridized carbons (Fsp3) is 0.692. The molecular weight excluding hydrogens is 213 g/mol. The number of hydrogen-bond acceptors (Lipinski definition) is 0. The number of alkyl halides is 3. The van der Waals surface area contributed by atoms with E-state index in [-0.39, 0.29) is 0 Å². The highest BCUT2D eigenvalue weighted by molar-refractivity contribution is 5.35. The van der Waals surface area contributed by atoms with Crippen LogP contribution in [0.2, 0.25) is 0 Å². The van der Waals surface area contributed by atoms with E-state index >= 15 is 0 Å². The molecule has 0 saturated carbocycles. The highest BCUT2D eigenvalue weighted by Crippen LogP contribution is 2.41. The monoisotopic (exact) mass is 232 g/mol. The standard InChI is InChI=1S/C13H19F3/c1-8(2)10-5-6-11(7-10)12(9(3)4)13(14,15)16/h5,7-9,12H,6H2,1-4H3/t12-/m0/s1. The van der Waals surface area contributed by atoms with Crippen LogP contribution < -0.4 is 0 Å². The average Bonchev–Trinajstić information content (AvgIpc) is 2.49. The molecule has 0 aromatic carbocycles. The first-order valence-electron chi connectivity index (χ1n) is 5.70. The molecule has 0 heterocycles. The zero-order chi connectivity index (χ0) is 12.5. The summed E-state index contributed by atoms with van der Waals surface area (Å²) in [6, 6.07) is 0. The normalized spacial score (nSPS) is 19.1. The molecule has 92 valence electrons. The minimum atomic E-state index is -4.12. The van der Waals surface area contributed by atoms with E-state index in [0.717, 1.165) is 5.57 Å². The van der Waals surface area contributed by atoms with Gasteiger partial charge in [0, 0.05) is 0 Å². The van der Waals surface area contributed by atoms with E-state index in [4.69, 9.17) is 0 Å². The Bertz CT molecular complexity index is 306. The van der Waals surface area contributed by atoms with Crippen LogP contribution in [-0.2, 0) is 0 Å². The van der Waals surface area contributed by atoms with Crippen molar-refractivity contribution in [1.29, 1.82) is 0 Å². The van der Waals surface area contributed by atoms with Gasteiger partial charge in [0.25, 0.3) is 0 Å². The Morgan fingerprint density at radius 1 is 1.12 bits per heavy atom. The SMILES string of the molecule is CC(C)C1=CCC([C@H](C(C)C)C(F)(F)F)=C1. The molecule has 1 aliphatic rings. The Morgan fingerprint density at radius 3 is 2.00 bits per heavy atom. The van der Waals surface area contributed by atoms with Gasteiger partial charge in [0.15, 0.2) is 0 Å². The van der Waals surface area contributed by atoms with Crippen LogP contribution in [0, 0.1) is 17.8 Å². The quantitative estimate of drug-likeness (QED) is 0.659. The van der Waals surface area contributed by atoms with Crippen molar-refractivity contribution in [2.45, 2.75) is 40.3 Å². The van der Waals surface area contributed by atoms with Crippen molar-refractivity contribution in [3.05, 3.63) is 23.3 Å². The molecule has 0 aromatic heterocycles. The number of rotatable bonds is 3. The molecule has 0 saturated heterocycles. The summed E-state index contributed by atoms with van der Waals surface area (Å²) in [7, 11) is 0. The zero-order valence-electron chi connectivity index (χ0n) is 10.2. The summed E-state index contributed by atoms with van der Waals surface area (Å²) >= 11 is 0. The molecule has 0 fully saturated rings. The zero-order valence-corrected chi connectivity index (χ0v) is 10.2. The van der Waals surface area contributed by atoms with E-state index in [9.17, 15) is 13.2 Å². The van der Waals surface area contributed by atoms with Gasteiger partial charge in [0.1, 0.15) is 0 Å². The fourth-order valence-electron chi connectivity index (χ4n) is 2.20. The molecule has 0 spiro atoms. The summed E-state index contributed by atoms with van der Waals surface area (Å²) in [6.07, 6.45) is -0.0138. The van der Waals surface area contributed by atoms with E-state index < -0.39 is 18.0 Å². The molecule has 16 heavy (non-hydrogen) atoms. The Hall–Kier alpha value is -0.730. The number of halogens is 3. The third-order valence-electron chi connectivity index (χ3n) is 3.01. The van der Waals surface area contributed by atoms with E-state index in [1.807, 2.05) is 19.9 Å². The molecule has 0 amide bonds. The summed E-state index contributed by atoms with van der Waals surface area (Å²) in [5.41, 5.74) is 1.55. The second-order valence-electron chi connectivity index (χ2n) is 5.05. The molecule has 0 bridgehead atoms. The van der Waals surface area contributed by atoms with Gasteiger partial charge in [0.2, 0.25) is 0 Å². The Balaban J connectivity index is 2.90. The summed E-state index contributed by atoms with van der Waals surface area (Å²) in [6.45, 7) is 7.27. The lowest BCUT2D eigenvalue weighted by molar-refractivity contribution is -0.174. The lowest BCUT2D eigenvalue weighted by Crippen LogP contribution is -2.29. The predicted octanol–water partition coefficient (Wildman–Crippen LogP) is 4.73. The average molecular weight is 232 g/mol. The first-order chi connectivity index (χ1) is 7.23. The summed E-state index contributed by atoms with van der Waals surface area (Å²) in [4.78, 5) is 0. The Labute approximate surface area is 95.2 Å². The van der Waals surface area contributed by atoms with Gasteiger partial charge in [-0.25, -0.2) is 0 Å². The molecule has 1 atom stereocenters. The molecule has 0 radical (unpaired) electrons. The van der Waals surface area contributed by atoms with Crippen LogP contribution in [-0.4, -0.2) is 6.18 Å². The molecular formula is C13H19F3. The van der Waals surface area contributed by atoms with Crippen molar-refractivity contribution in [3.8, 4) is 0 Å². The van der Waals surface area contributed by atoms with E-state index in [2.05, 4.69) is 0 Å². The second kappa shape index (κ2) is 4.64. The fourth-order valence-corrected chi connectivity index (χ4v) is 2.20. The van der Waals surface area contributed by atoms with Crippen LogP contribution in [0.3, 0.4) is 0 Å². The maximum Gasteiger partial charge on any atom is 0.395 e. The second-order valence-corrected chi connectivity index (χ2v) is 5.05. The topological polar surface area (TPSA) is 0 Å². The van der Waals surface area contributed by atoms with Crippen LogP contribution >= 0.6 is 0 Å². The first-order valence-corrected chi connectivity index (χ1v) is 5.70. The maximum atomic E-state index is 12.9. The summed E-state index contributed by atoms with van der Waals surface area (Å²) in [5.74, 6) is -1.38. The highest BCUT2D eigenvalue weighted by Gasteiger charge is 2.44. The van der Waals surface area contributed by atoms with Crippen LogP contribution in [0.1, 0.15) is 34.1 Å². The largest absolute Gasteiger partial charge is 0.395 e. The minimum Gasteiger partial charge on any atom is -0.170 e.